The van der Waals surface area contributed by atoms with E-state index in [4.69, 9.17) is 0 Å². The maximum atomic E-state index is 3.93. The molecule has 0 spiro atoms. The van der Waals surface area contributed by atoms with Crippen LogP contribution in [-0.2, 0) is 6.42 Å². The first-order valence-corrected chi connectivity index (χ1v) is 8.09. The number of benzene rings is 1. The van der Waals surface area contributed by atoms with E-state index in [9.17, 15) is 0 Å². The van der Waals surface area contributed by atoms with Gasteiger partial charge in [0.25, 0.3) is 0 Å². The lowest BCUT2D eigenvalue weighted by molar-refractivity contribution is 0.264. The summed E-state index contributed by atoms with van der Waals surface area (Å²) in [6, 6.07) is 8.26. The SMILES string of the molecule is Cc1ccc2c(c1)C(NC(C)C1CCCCC1)CC2. The Morgan fingerprint density at radius 2 is 1.89 bits per heavy atom. The number of fused-ring (bicyclic) bond motifs is 1. The first-order chi connectivity index (χ1) is 9.24. The molecular weight excluding hydrogens is 230 g/mol. The zero-order valence-corrected chi connectivity index (χ0v) is 12.4. The summed E-state index contributed by atoms with van der Waals surface area (Å²) >= 11 is 0. The average Bonchev–Trinajstić information content (AvgIpc) is 2.82. The summed E-state index contributed by atoms with van der Waals surface area (Å²) < 4.78 is 0. The molecule has 0 aromatic heterocycles. The zero-order chi connectivity index (χ0) is 13.2. The molecule has 0 radical (unpaired) electrons. The van der Waals surface area contributed by atoms with Gasteiger partial charge in [-0.05, 0) is 56.6 Å². The molecule has 0 bridgehead atoms. The Hall–Kier alpha value is -0.820. The van der Waals surface area contributed by atoms with Gasteiger partial charge in [0.15, 0.2) is 0 Å². The van der Waals surface area contributed by atoms with Gasteiger partial charge in [-0.15, -0.1) is 0 Å². The highest BCUT2D eigenvalue weighted by atomic mass is 15.0. The molecule has 104 valence electrons. The van der Waals surface area contributed by atoms with Gasteiger partial charge in [-0.3, -0.25) is 0 Å². The number of rotatable bonds is 3. The number of hydrogen-bond donors (Lipinski definition) is 1. The van der Waals surface area contributed by atoms with Crippen molar-refractivity contribution in [3.05, 3.63) is 34.9 Å². The molecule has 1 heteroatoms. The van der Waals surface area contributed by atoms with Crippen LogP contribution in [0.4, 0.5) is 0 Å². The van der Waals surface area contributed by atoms with Crippen LogP contribution in [0.15, 0.2) is 18.2 Å². The summed E-state index contributed by atoms with van der Waals surface area (Å²) in [5, 5.41) is 3.93. The smallest absolute Gasteiger partial charge is 0.0328 e. The van der Waals surface area contributed by atoms with Crippen molar-refractivity contribution in [3.8, 4) is 0 Å². The fourth-order valence-corrected chi connectivity index (χ4v) is 3.98. The molecule has 3 rings (SSSR count). The van der Waals surface area contributed by atoms with E-state index in [2.05, 4.69) is 37.4 Å². The van der Waals surface area contributed by atoms with E-state index in [1.807, 2.05) is 0 Å². The van der Waals surface area contributed by atoms with E-state index >= 15 is 0 Å². The summed E-state index contributed by atoms with van der Waals surface area (Å²) in [5.41, 5.74) is 4.54. The lowest BCUT2D eigenvalue weighted by Crippen LogP contribution is -2.36. The van der Waals surface area contributed by atoms with Crippen LogP contribution >= 0.6 is 0 Å². The summed E-state index contributed by atoms with van der Waals surface area (Å²) in [7, 11) is 0. The molecule has 2 aliphatic rings. The van der Waals surface area contributed by atoms with Crippen LogP contribution in [0.2, 0.25) is 0 Å². The van der Waals surface area contributed by atoms with Crippen molar-refractivity contribution in [2.24, 2.45) is 5.92 Å². The van der Waals surface area contributed by atoms with Gasteiger partial charge in [0.1, 0.15) is 0 Å². The van der Waals surface area contributed by atoms with Crippen molar-refractivity contribution in [2.45, 2.75) is 70.9 Å². The van der Waals surface area contributed by atoms with E-state index in [0.29, 0.717) is 12.1 Å². The van der Waals surface area contributed by atoms with Crippen LogP contribution in [0.1, 0.15) is 68.2 Å². The van der Waals surface area contributed by atoms with Crippen LogP contribution in [0.3, 0.4) is 0 Å². The Kier molecular flexibility index (Phi) is 3.93. The van der Waals surface area contributed by atoms with Gasteiger partial charge >= 0.3 is 0 Å². The molecule has 0 heterocycles. The predicted octanol–water partition coefficient (Wildman–Crippen LogP) is 4.54. The summed E-state index contributed by atoms with van der Waals surface area (Å²) in [6.45, 7) is 4.62. The first kappa shape index (κ1) is 13.2. The second-order valence-electron chi connectivity index (χ2n) is 6.65. The van der Waals surface area contributed by atoms with Gasteiger partial charge in [-0.25, -0.2) is 0 Å². The van der Waals surface area contributed by atoms with Crippen LogP contribution in [0.5, 0.6) is 0 Å². The van der Waals surface area contributed by atoms with Gasteiger partial charge in [0, 0.05) is 12.1 Å². The Balaban J connectivity index is 1.66. The van der Waals surface area contributed by atoms with Crippen molar-refractivity contribution in [2.75, 3.05) is 0 Å². The van der Waals surface area contributed by atoms with Crippen LogP contribution in [0, 0.1) is 12.8 Å². The van der Waals surface area contributed by atoms with E-state index in [0.717, 1.165) is 5.92 Å². The molecular formula is C18H27N. The minimum Gasteiger partial charge on any atom is -0.307 e. The summed E-state index contributed by atoms with van der Waals surface area (Å²) in [6.07, 6.45) is 9.74. The Morgan fingerprint density at radius 3 is 2.68 bits per heavy atom. The summed E-state index contributed by atoms with van der Waals surface area (Å²) in [4.78, 5) is 0. The molecule has 1 N–H and O–H groups in total. The maximum absolute atomic E-state index is 3.93. The van der Waals surface area contributed by atoms with E-state index < -0.39 is 0 Å². The molecule has 1 nitrogen and oxygen atoms in total. The quantitative estimate of drug-likeness (QED) is 0.838. The largest absolute Gasteiger partial charge is 0.307 e. The van der Waals surface area contributed by atoms with Gasteiger partial charge in [0.2, 0.25) is 0 Å². The molecule has 1 aromatic rings. The van der Waals surface area contributed by atoms with Crippen molar-refractivity contribution >= 4 is 0 Å². The normalized spacial score (nSPS) is 25.3. The molecule has 1 aromatic carbocycles. The molecule has 2 aliphatic carbocycles. The average molecular weight is 257 g/mol. The van der Waals surface area contributed by atoms with E-state index in [-0.39, 0.29) is 0 Å². The number of aryl methyl sites for hydroxylation is 2. The molecule has 0 amide bonds. The highest BCUT2D eigenvalue weighted by Gasteiger charge is 2.27. The Bertz CT molecular complexity index is 431. The predicted molar refractivity (Wildman–Crippen MR) is 81.4 cm³/mol. The fraction of sp³-hybridized carbons (Fsp3) is 0.667. The Morgan fingerprint density at radius 1 is 1.11 bits per heavy atom. The minimum absolute atomic E-state index is 0.604. The highest BCUT2D eigenvalue weighted by molar-refractivity contribution is 5.37. The third kappa shape index (κ3) is 2.86. The van der Waals surface area contributed by atoms with Gasteiger partial charge in [0.05, 0.1) is 0 Å². The van der Waals surface area contributed by atoms with Gasteiger partial charge in [-0.2, -0.15) is 0 Å². The van der Waals surface area contributed by atoms with Crippen molar-refractivity contribution < 1.29 is 0 Å². The third-order valence-corrected chi connectivity index (χ3v) is 5.20. The number of hydrogen-bond acceptors (Lipinski definition) is 1. The molecule has 1 saturated carbocycles. The highest BCUT2D eigenvalue weighted by Crippen LogP contribution is 2.34. The molecule has 0 aliphatic heterocycles. The summed E-state index contributed by atoms with van der Waals surface area (Å²) in [5.74, 6) is 0.905. The second-order valence-corrected chi connectivity index (χ2v) is 6.65. The number of nitrogens with one attached hydrogen (secondary N) is 1. The maximum Gasteiger partial charge on any atom is 0.0328 e. The lowest BCUT2D eigenvalue weighted by atomic mass is 9.84. The Labute approximate surface area is 117 Å². The van der Waals surface area contributed by atoms with E-state index in [1.54, 1.807) is 11.1 Å². The molecule has 19 heavy (non-hydrogen) atoms. The van der Waals surface area contributed by atoms with Crippen LogP contribution in [-0.4, -0.2) is 6.04 Å². The lowest BCUT2D eigenvalue weighted by Gasteiger charge is -2.31. The van der Waals surface area contributed by atoms with Crippen molar-refractivity contribution in [1.29, 1.82) is 0 Å². The van der Waals surface area contributed by atoms with Crippen molar-refractivity contribution in [1.82, 2.24) is 5.32 Å². The fourth-order valence-electron chi connectivity index (χ4n) is 3.98. The first-order valence-electron chi connectivity index (χ1n) is 8.09. The van der Waals surface area contributed by atoms with Gasteiger partial charge in [-0.1, -0.05) is 43.0 Å². The molecule has 1 fully saturated rings. The monoisotopic (exact) mass is 257 g/mol. The standard InChI is InChI=1S/C18H27N/c1-13-8-9-16-10-11-18(17(16)12-13)19-14(2)15-6-4-3-5-7-15/h8-9,12,14-15,18-19H,3-7,10-11H2,1-2H3. The molecule has 2 unspecified atom stereocenters. The molecule has 0 saturated heterocycles. The topological polar surface area (TPSA) is 12.0 Å². The molecule has 2 atom stereocenters. The second kappa shape index (κ2) is 5.66. The third-order valence-electron chi connectivity index (χ3n) is 5.20. The van der Waals surface area contributed by atoms with Crippen molar-refractivity contribution in [3.63, 3.8) is 0 Å². The van der Waals surface area contributed by atoms with Crippen LogP contribution in [0.25, 0.3) is 0 Å². The van der Waals surface area contributed by atoms with Crippen LogP contribution < -0.4 is 5.32 Å². The minimum atomic E-state index is 0.604. The van der Waals surface area contributed by atoms with E-state index in [1.165, 1.54) is 50.5 Å². The zero-order valence-electron chi connectivity index (χ0n) is 12.4. The van der Waals surface area contributed by atoms with Gasteiger partial charge < -0.3 is 5.32 Å².